The van der Waals surface area contributed by atoms with Gasteiger partial charge in [0.05, 0.1) is 16.6 Å². The molecule has 0 saturated heterocycles. The van der Waals surface area contributed by atoms with Gasteiger partial charge in [-0.25, -0.2) is 5.01 Å². The Bertz CT molecular complexity index is 892. The van der Waals surface area contributed by atoms with Crippen LogP contribution >= 0.6 is 11.3 Å². The maximum Gasteiger partial charge on any atom is 0.222 e. The van der Waals surface area contributed by atoms with Gasteiger partial charge in [0.1, 0.15) is 5.75 Å². The number of hydrogen-bond acceptors (Lipinski definition) is 5. The Morgan fingerprint density at radius 1 is 1.08 bits per heavy atom. The molecule has 1 aromatic carbocycles. The highest BCUT2D eigenvalue weighted by Gasteiger charge is 2.41. The maximum atomic E-state index is 6.29. The lowest BCUT2D eigenvalue weighted by Gasteiger charge is -2.37. The molecule has 5 heteroatoms. The van der Waals surface area contributed by atoms with E-state index in [0.29, 0.717) is 0 Å². The molecule has 0 radical (unpaired) electrons. The molecule has 0 aliphatic carbocycles. The SMILES string of the molecule is c1cncc(C2=NN3C(C2)c2ccccc2OC3c2cccs2)c1. The Morgan fingerprint density at radius 2 is 2.04 bits per heavy atom. The van der Waals surface area contributed by atoms with E-state index in [4.69, 9.17) is 9.84 Å². The van der Waals surface area contributed by atoms with Gasteiger partial charge >= 0.3 is 0 Å². The number of nitrogens with zero attached hydrogens (tertiary/aromatic N) is 3. The number of para-hydroxylation sites is 1. The number of benzene rings is 1. The smallest absolute Gasteiger partial charge is 0.222 e. The van der Waals surface area contributed by atoms with Crippen molar-refractivity contribution in [2.24, 2.45) is 5.10 Å². The number of hydrogen-bond donors (Lipinski definition) is 0. The molecule has 24 heavy (non-hydrogen) atoms. The highest BCUT2D eigenvalue weighted by Crippen LogP contribution is 2.47. The summed E-state index contributed by atoms with van der Waals surface area (Å²) in [4.78, 5) is 5.40. The van der Waals surface area contributed by atoms with Crippen molar-refractivity contribution in [1.29, 1.82) is 0 Å². The van der Waals surface area contributed by atoms with Crippen LogP contribution in [0.3, 0.4) is 0 Å². The highest BCUT2D eigenvalue weighted by molar-refractivity contribution is 7.10. The highest BCUT2D eigenvalue weighted by atomic mass is 32.1. The maximum absolute atomic E-state index is 6.29. The molecule has 0 fully saturated rings. The van der Waals surface area contributed by atoms with Crippen LogP contribution in [0.25, 0.3) is 0 Å². The van der Waals surface area contributed by atoms with Crippen LogP contribution in [0.15, 0.2) is 71.4 Å². The second-order valence-corrected chi connectivity index (χ2v) is 6.89. The minimum Gasteiger partial charge on any atom is -0.464 e. The summed E-state index contributed by atoms with van der Waals surface area (Å²) >= 11 is 1.70. The third-order valence-corrected chi connectivity index (χ3v) is 5.38. The number of pyridine rings is 1. The summed E-state index contributed by atoms with van der Waals surface area (Å²) in [5.41, 5.74) is 3.34. The Balaban J connectivity index is 1.61. The van der Waals surface area contributed by atoms with Gasteiger partial charge < -0.3 is 4.74 Å². The van der Waals surface area contributed by atoms with E-state index in [1.54, 1.807) is 17.5 Å². The number of hydrazone groups is 1. The fourth-order valence-corrected chi connectivity index (χ4v) is 4.11. The van der Waals surface area contributed by atoms with Gasteiger partial charge in [-0.05, 0) is 23.6 Å². The van der Waals surface area contributed by atoms with Crippen LogP contribution < -0.4 is 4.74 Å². The molecule has 4 nitrogen and oxygen atoms in total. The second kappa shape index (κ2) is 5.46. The molecule has 3 aromatic rings. The summed E-state index contributed by atoms with van der Waals surface area (Å²) in [6, 6.07) is 16.7. The van der Waals surface area contributed by atoms with E-state index in [9.17, 15) is 0 Å². The van der Waals surface area contributed by atoms with Crippen LogP contribution in [0.5, 0.6) is 5.75 Å². The first-order valence-corrected chi connectivity index (χ1v) is 8.83. The average molecular weight is 333 g/mol. The van der Waals surface area contributed by atoms with E-state index in [0.717, 1.165) is 23.4 Å². The summed E-state index contributed by atoms with van der Waals surface area (Å²) in [5.74, 6) is 0.958. The van der Waals surface area contributed by atoms with Gasteiger partial charge in [-0.15, -0.1) is 11.3 Å². The van der Waals surface area contributed by atoms with Gasteiger partial charge in [0.25, 0.3) is 0 Å². The lowest BCUT2D eigenvalue weighted by atomic mass is 9.97. The predicted octanol–water partition coefficient (Wildman–Crippen LogP) is 4.39. The van der Waals surface area contributed by atoms with Gasteiger partial charge in [-0.2, -0.15) is 5.10 Å². The lowest BCUT2D eigenvalue weighted by Crippen LogP contribution is -2.33. The van der Waals surface area contributed by atoms with Crippen molar-refractivity contribution in [2.45, 2.75) is 18.7 Å². The van der Waals surface area contributed by atoms with Gasteiger partial charge in [-0.3, -0.25) is 4.98 Å². The number of ether oxygens (including phenoxy) is 1. The van der Waals surface area contributed by atoms with Crippen molar-refractivity contribution in [2.75, 3.05) is 0 Å². The van der Waals surface area contributed by atoms with Crippen molar-refractivity contribution in [1.82, 2.24) is 9.99 Å². The first-order valence-electron chi connectivity index (χ1n) is 7.95. The normalized spacial score (nSPS) is 21.7. The first-order chi connectivity index (χ1) is 11.9. The van der Waals surface area contributed by atoms with E-state index in [1.165, 1.54) is 10.4 Å². The minimum absolute atomic E-state index is 0.168. The summed E-state index contributed by atoms with van der Waals surface area (Å²) in [6.07, 6.45) is 4.37. The number of rotatable bonds is 2. The third kappa shape index (κ3) is 2.12. The zero-order valence-corrected chi connectivity index (χ0v) is 13.7. The van der Waals surface area contributed by atoms with Crippen molar-refractivity contribution in [3.8, 4) is 5.75 Å². The summed E-state index contributed by atoms with van der Waals surface area (Å²) in [6.45, 7) is 0. The number of fused-ring (bicyclic) bond motifs is 3. The van der Waals surface area contributed by atoms with Crippen LogP contribution in [0.2, 0.25) is 0 Å². The fraction of sp³-hybridized carbons (Fsp3) is 0.158. The number of aromatic nitrogens is 1. The molecule has 118 valence electrons. The Hall–Kier alpha value is -2.66. The fourth-order valence-electron chi connectivity index (χ4n) is 3.36. The molecule has 2 unspecified atom stereocenters. The summed E-state index contributed by atoms with van der Waals surface area (Å²) < 4.78 is 6.29. The van der Waals surface area contributed by atoms with Gasteiger partial charge in [0.2, 0.25) is 6.23 Å². The van der Waals surface area contributed by atoms with E-state index in [-0.39, 0.29) is 12.3 Å². The lowest BCUT2D eigenvalue weighted by molar-refractivity contribution is -0.0165. The summed E-state index contributed by atoms with van der Waals surface area (Å²) in [7, 11) is 0. The minimum atomic E-state index is -0.168. The first kappa shape index (κ1) is 13.7. The van der Waals surface area contributed by atoms with Gasteiger partial charge in [0.15, 0.2) is 0 Å². The van der Waals surface area contributed by atoms with Crippen molar-refractivity contribution in [3.63, 3.8) is 0 Å². The van der Waals surface area contributed by atoms with E-state index in [2.05, 4.69) is 51.8 Å². The zero-order valence-electron chi connectivity index (χ0n) is 12.9. The van der Waals surface area contributed by atoms with Crippen LogP contribution in [0.4, 0.5) is 0 Å². The summed E-state index contributed by atoms with van der Waals surface area (Å²) in [5, 5.41) is 9.10. The molecule has 2 aliphatic rings. The van der Waals surface area contributed by atoms with E-state index >= 15 is 0 Å². The second-order valence-electron chi connectivity index (χ2n) is 5.91. The molecule has 0 saturated carbocycles. The Morgan fingerprint density at radius 3 is 2.88 bits per heavy atom. The van der Waals surface area contributed by atoms with Crippen molar-refractivity contribution >= 4 is 17.0 Å². The third-order valence-electron chi connectivity index (χ3n) is 4.48. The molecule has 0 amide bonds. The molecule has 2 atom stereocenters. The molecule has 2 aromatic heterocycles. The monoisotopic (exact) mass is 333 g/mol. The van der Waals surface area contributed by atoms with Crippen LogP contribution in [0, 0.1) is 0 Å². The van der Waals surface area contributed by atoms with Crippen LogP contribution in [-0.2, 0) is 0 Å². The van der Waals surface area contributed by atoms with Gasteiger partial charge in [-0.1, -0.05) is 30.3 Å². The Labute approximate surface area is 144 Å². The predicted molar refractivity (Wildman–Crippen MR) is 94.1 cm³/mol. The molecular formula is C19H15N3OS. The quantitative estimate of drug-likeness (QED) is 0.698. The molecule has 4 heterocycles. The molecule has 0 spiro atoms. The zero-order chi connectivity index (χ0) is 15.9. The van der Waals surface area contributed by atoms with E-state index < -0.39 is 0 Å². The average Bonchev–Trinajstić information content (AvgIpc) is 3.32. The number of thiophene rings is 1. The van der Waals surface area contributed by atoms with E-state index in [1.807, 2.05) is 18.3 Å². The van der Waals surface area contributed by atoms with Crippen molar-refractivity contribution in [3.05, 3.63) is 82.3 Å². The largest absolute Gasteiger partial charge is 0.464 e. The molecule has 5 rings (SSSR count). The van der Waals surface area contributed by atoms with Crippen molar-refractivity contribution < 1.29 is 4.74 Å². The molecular weight excluding hydrogens is 318 g/mol. The van der Waals surface area contributed by atoms with Crippen LogP contribution in [-0.4, -0.2) is 15.7 Å². The molecule has 0 bridgehead atoms. The topological polar surface area (TPSA) is 37.7 Å². The van der Waals surface area contributed by atoms with Crippen LogP contribution in [0.1, 0.15) is 34.7 Å². The molecule has 0 N–H and O–H groups in total. The van der Waals surface area contributed by atoms with Gasteiger partial charge in [0, 0.05) is 29.9 Å². The molecule has 2 aliphatic heterocycles. The standard InChI is InChI=1S/C19H15N3OS/c1-2-7-17-14(6-1)16-11-15(13-5-3-9-20-12-13)21-22(16)19(23-17)18-8-4-10-24-18/h1-10,12,16,19H,11H2. The Kier molecular flexibility index (Phi) is 3.13.